The van der Waals surface area contributed by atoms with Gasteiger partial charge in [0.1, 0.15) is 6.29 Å². The fourth-order valence-electron chi connectivity index (χ4n) is 0.338. The van der Waals surface area contributed by atoms with Gasteiger partial charge in [-0.15, -0.1) is 0 Å². The Bertz CT molecular complexity index is 78.1. The smallest absolute Gasteiger partial charge is 0.120 e. The molecule has 0 aromatic heterocycles. The minimum atomic E-state index is 0.265. The van der Waals surface area contributed by atoms with Crippen LogP contribution in [0, 0.1) is 0 Å². The van der Waals surface area contributed by atoms with Crippen LogP contribution in [0.25, 0.3) is 0 Å². The predicted octanol–water partition coefficient (Wildman–Crippen LogP) is 1.34. The van der Waals surface area contributed by atoms with E-state index in [0.29, 0.717) is 6.42 Å². The monoisotopic (exact) mass is 180 g/mol. The summed E-state index contributed by atoms with van der Waals surface area (Å²) < 4.78 is 0. The van der Waals surface area contributed by atoms with Gasteiger partial charge in [0.05, 0.1) is 0 Å². The fraction of sp³-hybridized carbons (Fsp3) is 0.833. The Morgan fingerprint density at radius 1 is 1.30 bits per heavy atom. The third-order valence-electron chi connectivity index (χ3n) is 0.788. The maximum absolute atomic E-state index is 9.83. The highest BCUT2D eigenvalue weighted by atomic mass is 33.1. The SMILES string of the molecule is O=CCCSSCCCO. The first-order chi connectivity index (χ1) is 4.91. The van der Waals surface area contributed by atoms with Gasteiger partial charge in [0.2, 0.25) is 0 Å². The molecule has 0 aromatic carbocycles. The van der Waals surface area contributed by atoms with Crippen LogP contribution in [0.5, 0.6) is 0 Å². The first kappa shape index (κ1) is 10.3. The van der Waals surface area contributed by atoms with Gasteiger partial charge in [-0.3, -0.25) is 0 Å². The van der Waals surface area contributed by atoms with Crippen LogP contribution >= 0.6 is 21.6 Å². The average molecular weight is 180 g/mol. The summed E-state index contributed by atoms with van der Waals surface area (Å²) in [5, 5.41) is 8.39. The van der Waals surface area contributed by atoms with Crippen LogP contribution in [0.1, 0.15) is 12.8 Å². The van der Waals surface area contributed by atoms with E-state index >= 15 is 0 Å². The van der Waals surface area contributed by atoms with Crippen molar-refractivity contribution in [1.82, 2.24) is 0 Å². The zero-order chi connectivity index (χ0) is 7.66. The largest absolute Gasteiger partial charge is 0.396 e. The molecule has 10 heavy (non-hydrogen) atoms. The Labute approximate surface area is 69.2 Å². The molecular formula is C6H12O2S2. The lowest BCUT2D eigenvalue weighted by Crippen LogP contribution is -1.84. The van der Waals surface area contributed by atoms with E-state index in [2.05, 4.69) is 0 Å². The molecule has 1 N–H and O–H groups in total. The number of aliphatic hydroxyl groups excluding tert-OH is 1. The average Bonchev–Trinajstić information content (AvgIpc) is 1.97. The molecule has 0 saturated carbocycles. The highest BCUT2D eigenvalue weighted by molar-refractivity contribution is 8.76. The summed E-state index contributed by atoms with van der Waals surface area (Å²) in [6, 6.07) is 0. The molecule has 0 saturated heterocycles. The van der Waals surface area contributed by atoms with Crippen LogP contribution in [-0.2, 0) is 4.79 Å². The molecular weight excluding hydrogens is 168 g/mol. The van der Waals surface area contributed by atoms with Crippen LogP contribution in [-0.4, -0.2) is 29.5 Å². The summed E-state index contributed by atoms with van der Waals surface area (Å²) in [4.78, 5) is 9.83. The molecule has 0 spiro atoms. The number of aldehydes is 1. The molecule has 2 nitrogen and oxygen atoms in total. The zero-order valence-electron chi connectivity index (χ0n) is 5.78. The quantitative estimate of drug-likeness (QED) is 0.364. The molecule has 0 rings (SSSR count). The van der Waals surface area contributed by atoms with Gasteiger partial charge < -0.3 is 9.90 Å². The van der Waals surface area contributed by atoms with E-state index in [4.69, 9.17) is 5.11 Å². The minimum absolute atomic E-state index is 0.265. The minimum Gasteiger partial charge on any atom is -0.396 e. The molecule has 0 bridgehead atoms. The first-order valence-electron chi connectivity index (χ1n) is 3.20. The summed E-state index contributed by atoms with van der Waals surface area (Å²) in [6.07, 6.45) is 2.41. The highest BCUT2D eigenvalue weighted by Gasteiger charge is 1.88. The second-order valence-corrected chi connectivity index (χ2v) is 4.38. The first-order valence-corrected chi connectivity index (χ1v) is 5.69. The van der Waals surface area contributed by atoms with E-state index in [-0.39, 0.29) is 6.61 Å². The molecule has 0 fully saturated rings. The maximum atomic E-state index is 9.83. The fourth-order valence-corrected chi connectivity index (χ4v) is 2.36. The molecule has 60 valence electrons. The zero-order valence-corrected chi connectivity index (χ0v) is 7.42. The van der Waals surface area contributed by atoms with Crippen molar-refractivity contribution in [3.05, 3.63) is 0 Å². The number of rotatable bonds is 7. The lowest BCUT2D eigenvalue weighted by atomic mass is 10.5. The molecule has 0 aliphatic rings. The number of carbonyl (C=O) groups excluding carboxylic acids is 1. The number of carbonyl (C=O) groups is 1. The van der Waals surface area contributed by atoms with Gasteiger partial charge in [-0.05, 0) is 6.42 Å². The summed E-state index contributed by atoms with van der Waals surface area (Å²) in [7, 11) is 3.41. The second kappa shape index (κ2) is 9.33. The molecule has 4 heteroatoms. The normalized spacial score (nSPS) is 9.70. The Morgan fingerprint density at radius 2 is 2.00 bits per heavy atom. The Morgan fingerprint density at radius 3 is 2.60 bits per heavy atom. The van der Waals surface area contributed by atoms with Gasteiger partial charge in [0, 0.05) is 24.5 Å². The van der Waals surface area contributed by atoms with Gasteiger partial charge >= 0.3 is 0 Å². The number of hydrogen-bond acceptors (Lipinski definition) is 4. The summed E-state index contributed by atoms with van der Waals surface area (Å²) in [5.74, 6) is 1.86. The van der Waals surface area contributed by atoms with E-state index in [9.17, 15) is 4.79 Å². The second-order valence-electron chi connectivity index (χ2n) is 1.68. The molecule has 0 aliphatic carbocycles. The molecule has 0 amide bonds. The van der Waals surface area contributed by atoms with Crippen molar-refractivity contribution in [3.8, 4) is 0 Å². The van der Waals surface area contributed by atoms with E-state index in [1.807, 2.05) is 0 Å². The van der Waals surface area contributed by atoms with Gasteiger partial charge in [-0.1, -0.05) is 21.6 Å². The maximum Gasteiger partial charge on any atom is 0.120 e. The Hall–Kier alpha value is 0.330. The molecule has 0 aromatic rings. The van der Waals surface area contributed by atoms with Crippen molar-refractivity contribution in [2.75, 3.05) is 18.1 Å². The lowest BCUT2D eigenvalue weighted by molar-refractivity contribution is -0.107. The molecule has 0 atom stereocenters. The van der Waals surface area contributed by atoms with Gasteiger partial charge in [0.25, 0.3) is 0 Å². The van der Waals surface area contributed by atoms with Gasteiger partial charge in [-0.2, -0.15) is 0 Å². The molecule has 0 radical (unpaired) electrons. The Balaban J connectivity index is 2.70. The molecule has 0 heterocycles. The standard InChI is InChI=1S/C6H12O2S2/c7-3-1-5-9-10-6-2-4-8/h3,8H,1-2,4-6H2. The van der Waals surface area contributed by atoms with Crippen LogP contribution in [0.2, 0.25) is 0 Å². The summed E-state index contributed by atoms with van der Waals surface area (Å²) >= 11 is 0. The Kier molecular flexibility index (Phi) is 9.64. The number of aliphatic hydroxyl groups is 1. The van der Waals surface area contributed by atoms with E-state index in [1.54, 1.807) is 21.6 Å². The summed E-state index contributed by atoms with van der Waals surface area (Å²) in [5.41, 5.74) is 0. The third kappa shape index (κ3) is 8.33. The van der Waals surface area contributed by atoms with Crippen molar-refractivity contribution < 1.29 is 9.90 Å². The number of hydrogen-bond donors (Lipinski definition) is 1. The van der Waals surface area contributed by atoms with Crippen molar-refractivity contribution >= 4 is 27.9 Å². The van der Waals surface area contributed by atoms with E-state index in [1.165, 1.54) is 0 Å². The van der Waals surface area contributed by atoms with Gasteiger partial charge in [-0.25, -0.2) is 0 Å². The van der Waals surface area contributed by atoms with Crippen molar-refractivity contribution in [3.63, 3.8) is 0 Å². The third-order valence-corrected chi connectivity index (χ3v) is 3.31. The van der Waals surface area contributed by atoms with Crippen LogP contribution in [0.4, 0.5) is 0 Å². The van der Waals surface area contributed by atoms with Crippen LogP contribution < -0.4 is 0 Å². The van der Waals surface area contributed by atoms with Crippen LogP contribution in [0.3, 0.4) is 0 Å². The highest BCUT2D eigenvalue weighted by Crippen LogP contribution is 2.21. The topological polar surface area (TPSA) is 37.3 Å². The van der Waals surface area contributed by atoms with Crippen molar-refractivity contribution in [2.24, 2.45) is 0 Å². The van der Waals surface area contributed by atoms with Gasteiger partial charge in [0.15, 0.2) is 0 Å². The summed E-state index contributed by atoms with van der Waals surface area (Å²) in [6.45, 7) is 0.265. The van der Waals surface area contributed by atoms with Crippen molar-refractivity contribution in [2.45, 2.75) is 12.8 Å². The van der Waals surface area contributed by atoms with Crippen molar-refractivity contribution in [1.29, 1.82) is 0 Å². The predicted molar refractivity (Wildman–Crippen MR) is 47.3 cm³/mol. The molecule has 0 unspecified atom stereocenters. The lowest BCUT2D eigenvalue weighted by Gasteiger charge is -1.95. The molecule has 0 aliphatic heterocycles. The van der Waals surface area contributed by atoms with E-state index in [0.717, 1.165) is 24.2 Å². The van der Waals surface area contributed by atoms with E-state index < -0.39 is 0 Å². The van der Waals surface area contributed by atoms with Crippen LogP contribution in [0.15, 0.2) is 0 Å².